The molecule has 1 amide bonds. The third-order valence-electron chi connectivity index (χ3n) is 3.21. The first-order chi connectivity index (χ1) is 11.1. The topological polar surface area (TPSA) is 68.0 Å². The summed E-state index contributed by atoms with van der Waals surface area (Å²) in [6.07, 6.45) is 0.627. The molecule has 0 fully saturated rings. The van der Waals surface area contributed by atoms with Crippen LogP contribution in [0.15, 0.2) is 39.5 Å². The summed E-state index contributed by atoms with van der Waals surface area (Å²) in [6, 6.07) is 7.41. The summed E-state index contributed by atoms with van der Waals surface area (Å²) in [5.41, 5.74) is 2.56. The first kappa shape index (κ1) is 15.7. The second-order valence-corrected chi connectivity index (χ2v) is 6.24. The number of thiophene rings is 1. The van der Waals surface area contributed by atoms with Crippen LogP contribution >= 0.6 is 22.9 Å². The standard InChI is InChI=1S/C16H14ClN3O2S/c1-10-2-3-13(12(17)8-10)18-14(21)4-5-15-19-16(20-22-15)11-6-7-23-9-11/h2-3,6-9H,4-5H2,1H3,(H,18,21). The molecule has 0 aliphatic carbocycles. The van der Waals surface area contributed by atoms with Crippen LogP contribution < -0.4 is 5.32 Å². The maximum atomic E-state index is 12.0. The highest BCUT2D eigenvalue weighted by Gasteiger charge is 2.12. The molecule has 2 heterocycles. The van der Waals surface area contributed by atoms with E-state index in [9.17, 15) is 4.79 Å². The van der Waals surface area contributed by atoms with Gasteiger partial charge in [-0.15, -0.1) is 0 Å². The van der Waals surface area contributed by atoms with Gasteiger partial charge in [0.25, 0.3) is 0 Å². The van der Waals surface area contributed by atoms with Crippen molar-refractivity contribution in [2.45, 2.75) is 19.8 Å². The van der Waals surface area contributed by atoms with E-state index in [0.29, 0.717) is 28.8 Å². The third kappa shape index (κ3) is 3.97. The highest BCUT2D eigenvalue weighted by atomic mass is 35.5. The van der Waals surface area contributed by atoms with Gasteiger partial charge in [0.05, 0.1) is 10.7 Å². The molecule has 23 heavy (non-hydrogen) atoms. The Bertz CT molecular complexity index is 815. The lowest BCUT2D eigenvalue weighted by atomic mass is 10.2. The largest absolute Gasteiger partial charge is 0.339 e. The number of halogens is 1. The van der Waals surface area contributed by atoms with E-state index in [1.54, 1.807) is 17.4 Å². The molecule has 0 radical (unpaired) electrons. The maximum Gasteiger partial charge on any atom is 0.227 e. The zero-order valence-electron chi connectivity index (χ0n) is 12.4. The predicted octanol–water partition coefficient (Wildman–Crippen LogP) is 4.33. The highest BCUT2D eigenvalue weighted by Crippen LogP contribution is 2.23. The van der Waals surface area contributed by atoms with Crippen LogP contribution in [0.1, 0.15) is 17.9 Å². The molecule has 3 rings (SSSR count). The summed E-state index contributed by atoms with van der Waals surface area (Å²) in [6.45, 7) is 1.94. The number of aromatic nitrogens is 2. The lowest BCUT2D eigenvalue weighted by molar-refractivity contribution is -0.116. The van der Waals surface area contributed by atoms with Gasteiger partial charge in [-0.1, -0.05) is 22.8 Å². The van der Waals surface area contributed by atoms with Gasteiger partial charge in [-0.25, -0.2) is 0 Å². The van der Waals surface area contributed by atoms with E-state index < -0.39 is 0 Å². The van der Waals surface area contributed by atoms with Crippen molar-refractivity contribution in [2.75, 3.05) is 5.32 Å². The molecular formula is C16H14ClN3O2S. The Kier molecular flexibility index (Phi) is 4.73. The number of amides is 1. The van der Waals surface area contributed by atoms with Crippen LogP contribution in [0.5, 0.6) is 0 Å². The number of carbonyl (C=O) groups excluding carboxylic acids is 1. The second-order valence-electron chi connectivity index (χ2n) is 5.06. The Morgan fingerprint density at radius 3 is 3.00 bits per heavy atom. The number of anilines is 1. The first-order valence-electron chi connectivity index (χ1n) is 7.03. The summed E-state index contributed by atoms with van der Waals surface area (Å²) < 4.78 is 5.17. The minimum atomic E-state index is -0.147. The number of nitrogens with one attached hydrogen (secondary N) is 1. The van der Waals surface area contributed by atoms with Crippen LogP contribution in [0, 0.1) is 6.92 Å². The fraction of sp³-hybridized carbons (Fsp3) is 0.188. The first-order valence-corrected chi connectivity index (χ1v) is 8.35. The summed E-state index contributed by atoms with van der Waals surface area (Å²) in [5, 5.41) is 11.1. The van der Waals surface area contributed by atoms with Gasteiger partial charge in [0.1, 0.15) is 0 Å². The SMILES string of the molecule is Cc1ccc(NC(=O)CCc2nc(-c3ccsc3)no2)c(Cl)c1. The van der Waals surface area contributed by atoms with E-state index in [1.165, 1.54) is 0 Å². The Labute approximate surface area is 142 Å². The molecule has 0 saturated heterocycles. The van der Waals surface area contributed by atoms with E-state index in [4.69, 9.17) is 16.1 Å². The molecule has 0 unspecified atom stereocenters. The maximum absolute atomic E-state index is 12.0. The molecule has 0 bridgehead atoms. The van der Waals surface area contributed by atoms with Crippen LogP contribution in [0.2, 0.25) is 5.02 Å². The molecule has 1 N–H and O–H groups in total. The van der Waals surface area contributed by atoms with Crippen molar-refractivity contribution in [3.05, 3.63) is 51.5 Å². The summed E-state index contributed by atoms with van der Waals surface area (Å²) >= 11 is 7.66. The van der Waals surface area contributed by atoms with E-state index in [-0.39, 0.29) is 12.3 Å². The number of hydrogen-bond acceptors (Lipinski definition) is 5. The molecule has 2 aromatic heterocycles. The average Bonchev–Trinajstić information content (AvgIpc) is 3.18. The number of hydrogen-bond donors (Lipinski definition) is 1. The van der Waals surface area contributed by atoms with Gasteiger partial charge in [-0.2, -0.15) is 16.3 Å². The summed E-state index contributed by atoms with van der Waals surface area (Å²) in [7, 11) is 0. The molecule has 0 atom stereocenters. The quantitative estimate of drug-likeness (QED) is 0.745. The highest BCUT2D eigenvalue weighted by molar-refractivity contribution is 7.08. The van der Waals surface area contributed by atoms with Gasteiger partial charge in [0.15, 0.2) is 0 Å². The van der Waals surface area contributed by atoms with Crippen molar-refractivity contribution < 1.29 is 9.32 Å². The normalized spacial score (nSPS) is 10.7. The van der Waals surface area contributed by atoms with Crippen LogP contribution in [0.25, 0.3) is 11.4 Å². The molecular weight excluding hydrogens is 334 g/mol. The van der Waals surface area contributed by atoms with Crippen molar-refractivity contribution in [1.29, 1.82) is 0 Å². The van der Waals surface area contributed by atoms with Gasteiger partial charge >= 0.3 is 0 Å². The van der Waals surface area contributed by atoms with Crippen LogP contribution in [-0.4, -0.2) is 16.0 Å². The average molecular weight is 348 g/mol. The van der Waals surface area contributed by atoms with Gasteiger partial charge in [-0.3, -0.25) is 4.79 Å². The fourth-order valence-electron chi connectivity index (χ4n) is 2.02. The zero-order chi connectivity index (χ0) is 16.2. The predicted molar refractivity (Wildman–Crippen MR) is 90.8 cm³/mol. The van der Waals surface area contributed by atoms with Crippen molar-refractivity contribution >= 4 is 34.5 Å². The van der Waals surface area contributed by atoms with Crippen molar-refractivity contribution in [3.8, 4) is 11.4 Å². The Hall–Kier alpha value is -2.18. The summed E-state index contributed by atoms with van der Waals surface area (Å²) in [4.78, 5) is 16.3. The monoisotopic (exact) mass is 347 g/mol. The van der Waals surface area contributed by atoms with E-state index in [2.05, 4.69) is 15.5 Å². The number of carbonyl (C=O) groups is 1. The van der Waals surface area contributed by atoms with E-state index in [0.717, 1.165) is 11.1 Å². The molecule has 5 nitrogen and oxygen atoms in total. The fourth-order valence-corrected chi connectivity index (χ4v) is 2.94. The number of nitrogens with zero attached hydrogens (tertiary/aromatic N) is 2. The molecule has 1 aromatic carbocycles. The molecule has 3 aromatic rings. The molecule has 0 aliphatic heterocycles. The van der Waals surface area contributed by atoms with Crippen LogP contribution in [0.3, 0.4) is 0 Å². The Morgan fingerprint density at radius 2 is 2.26 bits per heavy atom. The second kappa shape index (κ2) is 6.93. The molecule has 7 heteroatoms. The van der Waals surface area contributed by atoms with Crippen molar-refractivity contribution in [2.24, 2.45) is 0 Å². The molecule has 118 valence electrons. The lowest BCUT2D eigenvalue weighted by Gasteiger charge is -2.07. The molecule has 0 aliphatic rings. The van der Waals surface area contributed by atoms with Crippen LogP contribution in [-0.2, 0) is 11.2 Å². The third-order valence-corrected chi connectivity index (χ3v) is 4.21. The van der Waals surface area contributed by atoms with Gasteiger partial charge < -0.3 is 9.84 Å². The van der Waals surface area contributed by atoms with Crippen molar-refractivity contribution in [1.82, 2.24) is 10.1 Å². The van der Waals surface area contributed by atoms with Crippen molar-refractivity contribution in [3.63, 3.8) is 0 Å². The van der Waals surface area contributed by atoms with Gasteiger partial charge in [0.2, 0.25) is 17.6 Å². The lowest BCUT2D eigenvalue weighted by Crippen LogP contribution is -2.12. The number of aryl methyl sites for hydroxylation is 2. The molecule has 0 saturated carbocycles. The Morgan fingerprint density at radius 1 is 1.39 bits per heavy atom. The van der Waals surface area contributed by atoms with Crippen LogP contribution in [0.4, 0.5) is 5.69 Å². The minimum absolute atomic E-state index is 0.147. The zero-order valence-corrected chi connectivity index (χ0v) is 13.9. The number of benzene rings is 1. The van der Waals surface area contributed by atoms with Gasteiger partial charge in [0, 0.05) is 23.8 Å². The molecule has 0 spiro atoms. The Balaban J connectivity index is 1.57. The minimum Gasteiger partial charge on any atom is -0.339 e. The van der Waals surface area contributed by atoms with Gasteiger partial charge in [-0.05, 0) is 36.1 Å². The number of rotatable bonds is 5. The smallest absolute Gasteiger partial charge is 0.227 e. The van der Waals surface area contributed by atoms with E-state index >= 15 is 0 Å². The summed E-state index contributed by atoms with van der Waals surface area (Å²) in [5.74, 6) is 0.839. The van der Waals surface area contributed by atoms with E-state index in [1.807, 2.05) is 35.9 Å².